The maximum atomic E-state index is 12.1. The van der Waals surface area contributed by atoms with Gasteiger partial charge in [-0.2, -0.15) is 0 Å². The number of nitrogens with one attached hydrogen (secondary N) is 2. The fourth-order valence-electron chi connectivity index (χ4n) is 1.91. The van der Waals surface area contributed by atoms with Crippen LogP contribution in [0.5, 0.6) is 0 Å². The number of carbonyl (C=O) groups excluding carboxylic acids is 2. The Hall–Kier alpha value is -2.24. The number of aliphatic hydroxyl groups excluding tert-OH is 1. The highest BCUT2D eigenvalue weighted by Gasteiger charge is 2.27. The summed E-state index contributed by atoms with van der Waals surface area (Å²) in [5, 5.41) is 30.8. The summed E-state index contributed by atoms with van der Waals surface area (Å²) in [6.07, 6.45) is 0.964. The fraction of sp³-hybridized carbons (Fsp3) is 0.714. The molecule has 2 amide bonds. The Labute approximate surface area is 144 Å². The predicted octanol–water partition coefficient (Wildman–Crippen LogP) is -2.65. The molecular weight excluding hydrogens is 336 g/mol. The van der Waals surface area contributed by atoms with Crippen molar-refractivity contribution in [1.82, 2.24) is 10.6 Å². The number of carbonyl (C=O) groups is 4. The Morgan fingerprint density at radius 1 is 0.920 bits per heavy atom. The topological polar surface area (TPSA) is 205 Å². The number of carboxylic acids is 2. The minimum Gasteiger partial charge on any atom is -0.481 e. The van der Waals surface area contributed by atoms with Crippen LogP contribution in [0.4, 0.5) is 0 Å². The molecular formula is C14H26N4O7. The molecule has 3 atom stereocenters. The molecule has 25 heavy (non-hydrogen) atoms. The molecule has 0 aromatic rings. The van der Waals surface area contributed by atoms with E-state index in [1.807, 2.05) is 5.32 Å². The third-order valence-corrected chi connectivity index (χ3v) is 3.38. The molecule has 0 aromatic carbocycles. The van der Waals surface area contributed by atoms with Crippen LogP contribution >= 0.6 is 0 Å². The van der Waals surface area contributed by atoms with E-state index in [4.69, 9.17) is 26.8 Å². The summed E-state index contributed by atoms with van der Waals surface area (Å²) < 4.78 is 0. The summed E-state index contributed by atoms with van der Waals surface area (Å²) in [6.45, 7) is -0.394. The van der Waals surface area contributed by atoms with Crippen LogP contribution in [0.2, 0.25) is 0 Å². The van der Waals surface area contributed by atoms with Gasteiger partial charge in [-0.25, -0.2) is 4.79 Å². The van der Waals surface area contributed by atoms with E-state index < -0.39 is 54.9 Å². The number of nitrogens with two attached hydrogens (primary N) is 2. The van der Waals surface area contributed by atoms with Crippen molar-refractivity contribution in [2.75, 3.05) is 13.2 Å². The molecule has 0 fully saturated rings. The second-order valence-corrected chi connectivity index (χ2v) is 5.47. The normalized spacial score (nSPS) is 14.2. The maximum Gasteiger partial charge on any atom is 0.328 e. The number of unbranched alkanes of at least 4 members (excludes halogenated alkanes) is 1. The van der Waals surface area contributed by atoms with Gasteiger partial charge < -0.3 is 37.4 Å². The lowest BCUT2D eigenvalue weighted by atomic mass is 10.1. The van der Waals surface area contributed by atoms with E-state index in [2.05, 4.69) is 5.32 Å². The van der Waals surface area contributed by atoms with Gasteiger partial charge in [0.15, 0.2) is 0 Å². The van der Waals surface area contributed by atoms with Gasteiger partial charge in [-0.05, 0) is 25.8 Å². The van der Waals surface area contributed by atoms with Crippen LogP contribution in [0.25, 0.3) is 0 Å². The number of hydrogen-bond acceptors (Lipinski definition) is 7. The lowest BCUT2D eigenvalue weighted by molar-refractivity contribution is -0.144. The second kappa shape index (κ2) is 12.2. The number of aliphatic carboxylic acids is 2. The minimum absolute atomic E-state index is 0.250. The monoisotopic (exact) mass is 362 g/mol. The summed E-state index contributed by atoms with van der Waals surface area (Å²) in [6, 6.07) is -3.74. The second-order valence-electron chi connectivity index (χ2n) is 5.47. The highest BCUT2D eigenvalue weighted by Crippen LogP contribution is 2.03. The van der Waals surface area contributed by atoms with Gasteiger partial charge in [0.25, 0.3) is 0 Å². The van der Waals surface area contributed by atoms with Crippen molar-refractivity contribution in [1.29, 1.82) is 0 Å². The first-order valence-corrected chi connectivity index (χ1v) is 7.84. The average Bonchev–Trinajstić information content (AvgIpc) is 2.55. The van der Waals surface area contributed by atoms with E-state index in [1.165, 1.54) is 0 Å². The zero-order chi connectivity index (χ0) is 19.4. The summed E-state index contributed by atoms with van der Waals surface area (Å²) in [5.41, 5.74) is 11.0. The summed E-state index contributed by atoms with van der Waals surface area (Å²) in [4.78, 5) is 45.7. The Bertz CT molecular complexity index is 472. The molecule has 0 saturated carbocycles. The smallest absolute Gasteiger partial charge is 0.328 e. The van der Waals surface area contributed by atoms with Crippen molar-refractivity contribution < 1.29 is 34.5 Å². The van der Waals surface area contributed by atoms with Gasteiger partial charge in [0.1, 0.15) is 12.1 Å². The molecule has 3 unspecified atom stereocenters. The van der Waals surface area contributed by atoms with Gasteiger partial charge in [-0.3, -0.25) is 14.4 Å². The maximum absolute atomic E-state index is 12.1. The molecule has 0 bridgehead atoms. The number of hydrogen-bond donors (Lipinski definition) is 7. The number of rotatable bonds is 13. The van der Waals surface area contributed by atoms with Gasteiger partial charge in [0, 0.05) is 6.42 Å². The third kappa shape index (κ3) is 9.59. The summed E-state index contributed by atoms with van der Waals surface area (Å²) in [5.74, 6) is -4.21. The van der Waals surface area contributed by atoms with E-state index in [0.717, 1.165) is 0 Å². The van der Waals surface area contributed by atoms with Gasteiger partial charge in [-0.1, -0.05) is 6.42 Å². The number of aliphatic hydroxyl groups is 1. The van der Waals surface area contributed by atoms with Crippen LogP contribution in [0.15, 0.2) is 0 Å². The highest BCUT2D eigenvalue weighted by atomic mass is 16.4. The van der Waals surface area contributed by atoms with E-state index in [-0.39, 0.29) is 6.42 Å². The average molecular weight is 362 g/mol. The molecule has 0 aliphatic heterocycles. The highest BCUT2D eigenvalue weighted by molar-refractivity contribution is 5.92. The Morgan fingerprint density at radius 2 is 1.52 bits per heavy atom. The molecule has 0 saturated heterocycles. The molecule has 0 aliphatic rings. The van der Waals surface area contributed by atoms with Crippen LogP contribution in [0.3, 0.4) is 0 Å². The fourth-order valence-corrected chi connectivity index (χ4v) is 1.91. The SMILES string of the molecule is NCCCCC(N)C(=O)NC(CCC(=O)O)C(=O)NC(CO)C(=O)O. The standard InChI is InChI=1S/C14H26N4O7/c15-6-2-1-3-8(16)12(22)17-9(4-5-11(20)21)13(23)18-10(7-19)14(24)25/h8-10,19H,1-7,15-16H2,(H,17,22)(H,18,23)(H,20,21)(H,24,25). The van der Waals surface area contributed by atoms with Crippen molar-refractivity contribution in [2.45, 2.75) is 50.2 Å². The van der Waals surface area contributed by atoms with Crippen molar-refractivity contribution in [2.24, 2.45) is 11.5 Å². The summed E-state index contributed by atoms with van der Waals surface area (Å²) in [7, 11) is 0. The minimum atomic E-state index is -1.56. The van der Waals surface area contributed by atoms with Crippen LogP contribution in [0.1, 0.15) is 32.1 Å². The Morgan fingerprint density at radius 3 is 2.00 bits per heavy atom. The van der Waals surface area contributed by atoms with Crippen LogP contribution in [-0.2, 0) is 19.2 Å². The lowest BCUT2D eigenvalue weighted by Crippen LogP contribution is -2.55. The third-order valence-electron chi connectivity index (χ3n) is 3.38. The largest absolute Gasteiger partial charge is 0.481 e. The molecule has 0 aromatic heterocycles. The molecule has 0 heterocycles. The predicted molar refractivity (Wildman–Crippen MR) is 86.3 cm³/mol. The first-order chi connectivity index (χ1) is 11.7. The molecule has 11 heteroatoms. The number of carboxylic acid groups (broad SMARTS) is 2. The lowest BCUT2D eigenvalue weighted by Gasteiger charge is -2.22. The van der Waals surface area contributed by atoms with E-state index in [1.54, 1.807) is 0 Å². The van der Waals surface area contributed by atoms with Crippen LogP contribution in [-0.4, -0.2) is 70.3 Å². The zero-order valence-electron chi connectivity index (χ0n) is 13.8. The molecule has 9 N–H and O–H groups in total. The number of amides is 2. The van der Waals surface area contributed by atoms with Crippen molar-refractivity contribution in [3.05, 3.63) is 0 Å². The van der Waals surface area contributed by atoms with Gasteiger partial charge in [0.05, 0.1) is 12.6 Å². The molecule has 11 nitrogen and oxygen atoms in total. The summed E-state index contributed by atoms with van der Waals surface area (Å²) >= 11 is 0. The van der Waals surface area contributed by atoms with Gasteiger partial charge in [0.2, 0.25) is 11.8 Å². The quantitative estimate of drug-likeness (QED) is 0.171. The van der Waals surface area contributed by atoms with Crippen LogP contribution < -0.4 is 22.1 Å². The zero-order valence-corrected chi connectivity index (χ0v) is 13.8. The van der Waals surface area contributed by atoms with Crippen molar-refractivity contribution in [3.8, 4) is 0 Å². The van der Waals surface area contributed by atoms with Crippen molar-refractivity contribution in [3.63, 3.8) is 0 Å². The molecule has 0 rings (SSSR count). The van der Waals surface area contributed by atoms with E-state index >= 15 is 0 Å². The molecule has 0 aliphatic carbocycles. The van der Waals surface area contributed by atoms with E-state index in [0.29, 0.717) is 25.8 Å². The van der Waals surface area contributed by atoms with E-state index in [9.17, 15) is 19.2 Å². The first-order valence-electron chi connectivity index (χ1n) is 7.84. The van der Waals surface area contributed by atoms with Crippen molar-refractivity contribution >= 4 is 23.8 Å². The van der Waals surface area contributed by atoms with Gasteiger partial charge >= 0.3 is 11.9 Å². The molecule has 0 radical (unpaired) electrons. The Kier molecular flexibility index (Phi) is 11.1. The van der Waals surface area contributed by atoms with Gasteiger partial charge in [-0.15, -0.1) is 0 Å². The molecule has 0 spiro atoms. The van der Waals surface area contributed by atoms with Crippen LogP contribution in [0, 0.1) is 0 Å². The first kappa shape index (κ1) is 22.8. The molecule has 144 valence electrons. The Balaban J connectivity index is 4.85.